The minimum absolute atomic E-state index is 0.0245. The van der Waals surface area contributed by atoms with Gasteiger partial charge in [-0.15, -0.1) is 0 Å². The molecule has 26 heteroatoms. The number of carbonyl (C=O) groups is 4. The molecule has 0 amide bonds. The summed E-state index contributed by atoms with van der Waals surface area (Å²) in [4.78, 5) is 56.9. The molecule has 1 unspecified atom stereocenters. The van der Waals surface area contributed by atoms with Gasteiger partial charge in [0.05, 0.1) is 67.2 Å². The monoisotopic (exact) mass is 1410 g/mol. The van der Waals surface area contributed by atoms with Crippen molar-refractivity contribution in [3.8, 4) is 46.0 Å². The number of hydrogen-bond acceptors (Lipinski definition) is 22. The van der Waals surface area contributed by atoms with E-state index in [1.165, 1.54) is 21.3 Å². The Morgan fingerprint density at radius 3 is 0.979 bits per heavy atom. The molecular formula is C68H89BrO23P2. The lowest BCUT2D eigenvalue weighted by Gasteiger charge is -2.17. The number of aliphatic hydroxyl groups is 1. The van der Waals surface area contributed by atoms with Crippen molar-refractivity contribution in [2.45, 2.75) is 141 Å². The highest BCUT2D eigenvalue weighted by Crippen LogP contribution is 2.50. The molecule has 0 aromatic heterocycles. The van der Waals surface area contributed by atoms with E-state index in [9.17, 15) is 53.6 Å². The standard InChI is InChI=1S/C20H29O7P.C18H25O7P.C15H17BrO4.C15H18O5/c1-6-26-28(23,27-7-2)11-10-13(3)8-9-15-18(21)17-16(12-25-20(17)22)14(4)19(15)24-5;1-5-25-26(21,22)9-8-11(2)6-7-13-16(19)15-14(10-24-18(15)20)12(3)17(13)23-4;2*1-8(6-16)4-5-10-13(17)12-11(7-20-15(12)18)9(2)14(10)19-3/h8,21H,6-7,9-12H2,1-5H3;6,19H,5,7-10H2,1-4H3,(H,21,22);4,17H,5-7H2,1-3H3;4,16-17H,5-7H2,1-3H3/b13-8+;11-6+;2*8-4+. The highest BCUT2D eigenvalue weighted by atomic mass is 79.9. The van der Waals surface area contributed by atoms with Crippen LogP contribution in [0.25, 0.3) is 0 Å². The van der Waals surface area contributed by atoms with E-state index in [4.69, 9.17) is 56.6 Å². The first-order chi connectivity index (χ1) is 44.5. The molecule has 94 heavy (non-hydrogen) atoms. The van der Waals surface area contributed by atoms with E-state index in [1.54, 1.807) is 40.9 Å². The summed E-state index contributed by atoms with van der Waals surface area (Å²) in [7, 11) is -0.531. The summed E-state index contributed by atoms with van der Waals surface area (Å²) in [6.07, 6.45) is 10.4. The van der Waals surface area contributed by atoms with Crippen LogP contribution in [-0.4, -0.2) is 127 Å². The van der Waals surface area contributed by atoms with E-state index in [1.807, 2.05) is 66.7 Å². The zero-order valence-corrected chi connectivity index (χ0v) is 59.6. The number of phenols is 4. The van der Waals surface area contributed by atoms with Crippen molar-refractivity contribution in [1.29, 1.82) is 0 Å². The fraction of sp³-hybridized carbons (Fsp3) is 0.471. The topological polar surface area (TPSA) is 325 Å². The van der Waals surface area contributed by atoms with E-state index >= 15 is 0 Å². The second-order valence-corrected chi connectivity index (χ2v) is 27.1. The number of fused-ring (bicyclic) bond motifs is 4. The zero-order valence-electron chi connectivity index (χ0n) is 56.2. The lowest BCUT2D eigenvalue weighted by atomic mass is 9.95. The van der Waals surface area contributed by atoms with Crippen molar-refractivity contribution in [1.82, 2.24) is 0 Å². The lowest BCUT2D eigenvalue weighted by molar-refractivity contribution is 0.0523. The predicted molar refractivity (Wildman–Crippen MR) is 356 cm³/mol. The predicted octanol–water partition coefficient (Wildman–Crippen LogP) is 13.1. The van der Waals surface area contributed by atoms with Gasteiger partial charge in [0.15, 0.2) is 0 Å². The molecule has 0 saturated heterocycles. The first kappa shape index (κ1) is 77.6. The number of rotatable bonds is 26. The molecule has 8 rings (SSSR count). The minimum Gasteiger partial charge on any atom is -0.507 e. The summed E-state index contributed by atoms with van der Waals surface area (Å²) in [6.45, 7) is 21.6. The van der Waals surface area contributed by atoms with Crippen LogP contribution in [0.15, 0.2) is 46.6 Å². The van der Waals surface area contributed by atoms with Gasteiger partial charge in [0, 0.05) is 49.8 Å². The van der Waals surface area contributed by atoms with Gasteiger partial charge in [0.2, 0.25) is 0 Å². The van der Waals surface area contributed by atoms with E-state index in [0.717, 1.165) is 49.9 Å². The molecule has 1 atom stereocenters. The summed E-state index contributed by atoms with van der Waals surface area (Å²) in [5.74, 6) is -0.126. The molecule has 4 aliphatic rings. The first-order valence-electron chi connectivity index (χ1n) is 30.5. The maximum Gasteiger partial charge on any atom is 0.342 e. The average molecular weight is 1420 g/mol. The fourth-order valence-electron chi connectivity index (χ4n) is 11.0. The number of halogens is 1. The van der Waals surface area contributed by atoms with Gasteiger partial charge in [-0.2, -0.15) is 0 Å². The van der Waals surface area contributed by atoms with Crippen molar-refractivity contribution in [2.75, 3.05) is 72.5 Å². The van der Waals surface area contributed by atoms with Crippen molar-refractivity contribution < 1.29 is 110 Å². The number of hydrogen-bond donors (Lipinski definition) is 6. The SMILES string of the molecule is CCOP(=O)(CC/C(C)=C/Cc1c(O)c2c(c(C)c1OC)COC2=O)OCC.CCOP(=O)(O)CC/C(C)=C/Cc1c(O)c2c(c(C)c1OC)COC2=O.COc1c(C)c2c(c(O)c1C/C=C(\C)CBr)C(=O)OC2.COc1c(C)c2c(c(O)c1C/C=C(\C)CO)C(=O)OC2. The van der Waals surface area contributed by atoms with Crippen LogP contribution in [0.4, 0.5) is 0 Å². The van der Waals surface area contributed by atoms with Crippen LogP contribution in [0.1, 0.15) is 170 Å². The molecule has 4 heterocycles. The molecule has 4 aromatic rings. The van der Waals surface area contributed by atoms with Crippen molar-refractivity contribution in [3.05, 3.63) is 136 Å². The molecule has 23 nitrogen and oxygen atoms in total. The third-order valence-corrected chi connectivity index (χ3v) is 20.6. The summed E-state index contributed by atoms with van der Waals surface area (Å²) >= 11 is 3.38. The van der Waals surface area contributed by atoms with Crippen LogP contribution in [-0.2, 0) is 93.8 Å². The molecule has 516 valence electrons. The second-order valence-electron chi connectivity index (χ2n) is 22.4. The van der Waals surface area contributed by atoms with Gasteiger partial charge in [0.25, 0.3) is 0 Å². The number of cyclic esters (lactones) is 4. The fourth-order valence-corrected chi connectivity index (χ4v) is 14.1. The van der Waals surface area contributed by atoms with Gasteiger partial charge < -0.3 is 81.9 Å². The number of methoxy groups -OCH3 is 4. The Morgan fingerprint density at radius 2 is 0.723 bits per heavy atom. The van der Waals surface area contributed by atoms with E-state index in [2.05, 4.69) is 15.9 Å². The molecule has 0 spiro atoms. The summed E-state index contributed by atoms with van der Waals surface area (Å²) in [5, 5.41) is 51.7. The average Bonchev–Trinajstić information content (AvgIpc) is 1.54. The Kier molecular flexibility index (Phi) is 28.9. The number of alkyl halides is 1. The largest absolute Gasteiger partial charge is 0.507 e. The summed E-state index contributed by atoms with van der Waals surface area (Å²) in [5.41, 5.74) is 12.8. The third-order valence-electron chi connectivity index (χ3n) is 16.2. The first-order valence-corrected chi connectivity index (χ1v) is 35.1. The zero-order chi connectivity index (χ0) is 70.1. The molecule has 0 aliphatic carbocycles. The quantitative estimate of drug-likeness (QED) is 0.0112. The van der Waals surface area contributed by atoms with E-state index < -0.39 is 39.1 Å². The molecule has 6 N–H and O–H groups in total. The molecule has 4 aromatic carbocycles. The number of aromatic hydroxyl groups is 4. The highest BCUT2D eigenvalue weighted by molar-refractivity contribution is 9.09. The van der Waals surface area contributed by atoms with Crippen molar-refractivity contribution in [2.24, 2.45) is 0 Å². The smallest absolute Gasteiger partial charge is 0.342 e. The molecule has 4 aliphatic heterocycles. The van der Waals surface area contributed by atoms with Gasteiger partial charge >= 0.3 is 39.1 Å². The minimum atomic E-state index is -3.57. The van der Waals surface area contributed by atoms with Crippen molar-refractivity contribution in [3.63, 3.8) is 0 Å². The number of esters is 4. The van der Waals surface area contributed by atoms with Gasteiger partial charge in [-0.05, 0) is 137 Å². The van der Waals surface area contributed by atoms with Gasteiger partial charge in [0.1, 0.15) is 94.7 Å². The molecular weight excluding hydrogens is 1330 g/mol. The van der Waals surface area contributed by atoms with E-state index in [-0.39, 0.29) is 97.2 Å². The Morgan fingerprint density at radius 1 is 0.457 bits per heavy atom. The van der Waals surface area contributed by atoms with Crippen LogP contribution in [0.2, 0.25) is 0 Å². The number of phenolic OH excluding ortho intramolecular Hbond substituents is 4. The third kappa shape index (κ3) is 18.2. The number of carbonyl (C=O) groups excluding carboxylic acids is 4. The normalized spacial score (nSPS) is 14.7. The Labute approximate surface area is 557 Å². The number of aliphatic hydroxyl groups excluding tert-OH is 1. The van der Waals surface area contributed by atoms with Crippen molar-refractivity contribution >= 4 is 55.0 Å². The van der Waals surface area contributed by atoms with Crippen LogP contribution in [0.3, 0.4) is 0 Å². The number of allylic oxidation sites excluding steroid dienone is 7. The van der Waals surface area contributed by atoms with Gasteiger partial charge in [-0.3, -0.25) is 9.13 Å². The van der Waals surface area contributed by atoms with Gasteiger partial charge in [-0.25, -0.2) is 19.2 Å². The summed E-state index contributed by atoms with van der Waals surface area (Å²) in [6, 6.07) is 0. The molecule has 0 saturated carbocycles. The summed E-state index contributed by atoms with van der Waals surface area (Å²) < 4.78 is 81.6. The molecule has 0 radical (unpaired) electrons. The Balaban J connectivity index is 0.000000229. The Hall–Kier alpha value is -7.14. The van der Waals surface area contributed by atoms with Crippen LogP contribution in [0.5, 0.6) is 46.0 Å². The highest BCUT2D eigenvalue weighted by Gasteiger charge is 2.36. The van der Waals surface area contributed by atoms with E-state index in [0.29, 0.717) is 119 Å². The maximum absolute atomic E-state index is 12.6. The number of benzene rings is 4. The number of ether oxygens (including phenoxy) is 8. The van der Waals surface area contributed by atoms with Gasteiger partial charge in [-0.1, -0.05) is 62.5 Å². The lowest BCUT2D eigenvalue weighted by Crippen LogP contribution is -2.03. The second kappa shape index (κ2) is 35.0. The van der Waals surface area contributed by atoms with Crippen LogP contribution >= 0.6 is 31.1 Å². The Bertz CT molecular complexity index is 3610. The molecule has 0 bridgehead atoms. The van der Waals surface area contributed by atoms with Crippen LogP contribution < -0.4 is 18.9 Å². The molecule has 0 fully saturated rings. The maximum atomic E-state index is 12.6. The van der Waals surface area contributed by atoms with Crippen LogP contribution in [0, 0.1) is 27.7 Å².